The number of ketones is 1. The van der Waals surface area contributed by atoms with Crippen LogP contribution in [0.1, 0.15) is 20.8 Å². The van der Waals surface area contributed by atoms with Crippen LogP contribution < -0.4 is 11.1 Å². The fourth-order valence-corrected chi connectivity index (χ4v) is 3.51. The van der Waals surface area contributed by atoms with E-state index < -0.39 is 17.5 Å². The van der Waals surface area contributed by atoms with Crippen molar-refractivity contribution in [2.24, 2.45) is 0 Å². The standard InChI is InChI=1S/C25H17FN6O3/c26-17-6-3-14(4-7-17)19(33)13-30-24(34)22-23(27)32-21(25-29-10-11-35-25)20(31-22)16-5-8-18-15(12-16)2-1-9-28-18/h1-12H,13H2,(H2,27,32)(H,30,34). The monoisotopic (exact) mass is 468 g/mol. The molecule has 0 radical (unpaired) electrons. The van der Waals surface area contributed by atoms with Crippen LogP contribution in [-0.4, -0.2) is 38.2 Å². The zero-order chi connectivity index (χ0) is 24.4. The number of Topliss-reactive ketones (excluding diaryl/α,β-unsaturated/α-hetero) is 1. The smallest absolute Gasteiger partial charge is 0.274 e. The summed E-state index contributed by atoms with van der Waals surface area (Å²) in [6.45, 7) is -0.329. The number of benzene rings is 2. The van der Waals surface area contributed by atoms with Gasteiger partial charge in [0.25, 0.3) is 5.91 Å². The molecular formula is C25H17FN6O3. The van der Waals surface area contributed by atoms with E-state index in [1.54, 1.807) is 12.3 Å². The Morgan fingerprint density at radius 2 is 1.80 bits per heavy atom. The van der Waals surface area contributed by atoms with Gasteiger partial charge in [0.1, 0.15) is 17.8 Å². The first-order valence-electron chi connectivity index (χ1n) is 10.5. The minimum Gasteiger partial charge on any atom is -0.443 e. The van der Waals surface area contributed by atoms with E-state index in [1.165, 1.54) is 36.7 Å². The van der Waals surface area contributed by atoms with Crippen LogP contribution in [0.25, 0.3) is 33.7 Å². The van der Waals surface area contributed by atoms with Crippen LogP contribution in [-0.2, 0) is 0 Å². The van der Waals surface area contributed by atoms with Crippen molar-refractivity contribution < 1.29 is 18.4 Å². The van der Waals surface area contributed by atoms with Crippen molar-refractivity contribution in [2.45, 2.75) is 0 Å². The van der Waals surface area contributed by atoms with Crippen molar-refractivity contribution >= 4 is 28.4 Å². The SMILES string of the molecule is Nc1nc(-c2ncco2)c(-c2ccc3ncccc3c2)nc1C(=O)NCC(=O)c1ccc(F)cc1. The summed E-state index contributed by atoms with van der Waals surface area (Å²) < 4.78 is 18.5. The molecule has 0 aliphatic rings. The summed E-state index contributed by atoms with van der Waals surface area (Å²) in [6, 6.07) is 14.2. The second-order valence-corrected chi connectivity index (χ2v) is 7.52. The number of hydrogen-bond acceptors (Lipinski definition) is 8. The van der Waals surface area contributed by atoms with E-state index in [-0.39, 0.29) is 35.2 Å². The first-order valence-corrected chi connectivity index (χ1v) is 10.5. The minimum atomic E-state index is -0.687. The minimum absolute atomic E-state index is 0.156. The molecule has 3 N–H and O–H groups in total. The number of rotatable bonds is 6. The molecule has 0 aliphatic heterocycles. The number of carbonyl (C=O) groups excluding carboxylic acids is 2. The first kappa shape index (κ1) is 21.8. The molecule has 9 nitrogen and oxygen atoms in total. The highest BCUT2D eigenvalue weighted by atomic mass is 19.1. The third-order valence-electron chi connectivity index (χ3n) is 5.22. The van der Waals surface area contributed by atoms with Gasteiger partial charge in [0.15, 0.2) is 23.0 Å². The number of anilines is 1. The molecule has 3 aromatic heterocycles. The molecule has 0 fully saturated rings. The quantitative estimate of drug-likeness (QED) is 0.360. The van der Waals surface area contributed by atoms with Crippen LogP contribution >= 0.6 is 0 Å². The fourth-order valence-electron chi connectivity index (χ4n) is 3.51. The van der Waals surface area contributed by atoms with Crippen LogP contribution in [0.15, 0.2) is 77.7 Å². The Bertz CT molecular complexity index is 1550. The summed E-state index contributed by atoms with van der Waals surface area (Å²) in [5.41, 5.74) is 8.17. The van der Waals surface area contributed by atoms with E-state index in [0.29, 0.717) is 11.3 Å². The van der Waals surface area contributed by atoms with Gasteiger partial charge in [-0.1, -0.05) is 12.1 Å². The second kappa shape index (κ2) is 9.10. The van der Waals surface area contributed by atoms with Crippen molar-refractivity contribution in [3.8, 4) is 22.8 Å². The molecule has 172 valence electrons. The van der Waals surface area contributed by atoms with E-state index in [1.807, 2.05) is 24.3 Å². The predicted molar refractivity (Wildman–Crippen MR) is 126 cm³/mol. The Kier molecular flexibility index (Phi) is 5.68. The predicted octanol–water partition coefficient (Wildman–Crippen LogP) is 3.68. The summed E-state index contributed by atoms with van der Waals surface area (Å²) in [6.07, 6.45) is 4.55. The molecule has 35 heavy (non-hydrogen) atoms. The number of nitrogens with zero attached hydrogens (tertiary/aromatic N) is 4. The molecule has 5 rings (SSSR count). The maximum atomic E-state index is 13.1. The highest BCUT2D eigenvalue weighted by Gasteiger charge is 2.22. The molecular weight excluding hydrogens is 451 g/mol. The van der Waals surface area contributed by atoms with Crippen molar-refractivity contribution in [1.82, 2.24) is 25.3 Å². The summed E-state index contributed by atoms with van der Waals surface area (Å²) >= 11 is 0. The summed E-state index contributed by atoms with van der Waals surface area (Å²) in [4.78, 5) is 42.5. The van der Waals surface area contributed by atoms with E-state index in [9.17, 15) is 14.0 Å². The molecule has 3 heterocycles. The van der Waals surface area contributed by atoms with Gasteiger partial charge in [0.05, 0.1) is 18.3 Å². The van der Waals surface area contributed by atoms with Gasteiger partial charge < -0.3 is 15.5 Å². The summed E-state index contributed by atoms with van der Waals surface area (Å²) in [7, 11) is 0. The Morgan fingerprint density at radius 3 is 2.57 bits per heavy atom. The third kappa shape index (κ3) is 4.44. The number of nitrogen functional groups attached to an aromatic ring is 1. The van der Waals surface area contributed by atoms with Gasteiger partial charge in [-0.2, -0.15) is 0 Å². The number of nitrogens with two attached hydrogens (primary N) is 1. The number of oxazole rings is 1. The lowest BCUT2D eigenvalue weighted by molar-refractivity contribution is 0.0901. The second-order valence-electron chi connectivity index (χ2n) is 7.52. The van der Waals surface area contributed by atoms with Gasteiger partial charge in [0, 0.05) is 22.7 Å². The molecule has 0 saturated carbocycles. The number of pyridine rings is 1. The Labute approximate surface area is 197 Å². The number of amides is 1. The number of aromatic nitrogens is 4. The van der Waals surface area contributed by atoms with E-state index in [2.05, 4.69) is 25.3 Å². The van der Waals surface area contributed by atoms with Crippen LogP contribution in [0.2, 0.25) is 0 Å². The molecule has 5 aromatic rings. The zero-order valence-corrected chi connectivity index (χ0v) is 18.1. The number of carbonyl (C=O) groups is 2. The number of hydrogen-bond donors (Lipinski definition) is 2. The molecule has 0 aliphatic carbocycles. The van der Waals surface area contributed by atoms with Crippen LogP contribution in [0.3, 0.4) is 0 Å². The Hall–Kier alpha value is -4.99. The normalized spacial score (nSPS) is 10.9. The maximum absolute atomic E-state index is 13.1. The average molecular weight is 468 g/mol. The molecule has 0 bridgehead atoms. The van der Waals surface area contributed by atoms with Gasteiger partial charge in [-0.3, -0.25) is 14.6 Å². The third-order valence-corrected chi connectivity index (χ3v) is 5.22. The van der Waals surface area contributed by atoms with Crippen LogP contribution in [0, 0.1) is 5.82 Å². The lowest BCUT2D eigenvalue weighted by atomic mass is 10.1. The largest absolute Gasteiger partial charge is 0.443 e. The van der Waals surface area contributed by atoms with Crippen LogP contribution in [0.4, 0.5) is 10.2 Å². The summed E-state index contributed by atoms with van der Waals surface area (Å²) in [5, 5.41) is 3.36. The lowest BCUT2D eigenvalue weighted by Crippen LogP contribution is -2.31. The van der Waals surface area contributed by atoms with Crippen molar-refractivity contribution in [3.05, 3.63) is 90.3 Å². The molecule has 1 amide bonds. The first-order chi connectivity index (χ1) is 17.0. The van der Waals surface area contributed by atoms with E-state index >= 15 is 0 Å². The van der Waals surface area contributed by atoms with Crippen LogP contribution in [0.5, 0.6) is 0 Å². The fraction of sp³-hybridized carbons (Fsp3) is 0.0400. The van der Waals surface area contributed by atoms with Gasteiger partial charge in [0.2, 0.25) is 5.89 Å². The zero-order valence-electron chi connectivity index (χ0n) is 18.1. The number of halogens is 1. The van der Waals surface area contributed by atoms with Crippen molar-refractivity contribution in [1.29, 1.82) is 0 Å². The maximum Gasteiger partial charge on any atom is 0.274 e. The molecule has 10 heteroatoms. The van der Waals surface area contributed by atoms with Gasteiger partial charge in [-0.15, -0.1) is 0 Å². The van der Waals surface area contributed by atoms with Crippen molar-refractivity contribution in [2.75, 3.05) is 12.3 Å². The molecule has 0 saturated heterocycles. The van der Waals surface area contributed by atoms with Gasteiger partial charge in [-0.05, 0) is 42.5 Å². The molecule has 0 spiro atoms. The lowest BCUT2D eigenvalue weighted by Gasteiger charge is -2.12. The summed E-state index contributed by atoms with van der Waals surface area (Å²) in [5.74, 6) is -1.52. The number of fused-ring (bicyclic) bond motifs is 1. The topological polar surface area (TPSA) is 137 Å². The highest BCUT2D eigenvalue weighted by Crippen LogP contribution is 2.31. The molecule has 2 aromatic carbocycles. The van der Waals surface area contributed by atoms with E-state index in [4.69, 9.17) is 10.2 Å². The Morgan fingerprint density at radius 1 is 0.971 bits per heavy atom. The highest BCUT2D eigenvalue weighted by molar-refractivity contribution is 6.03. The van der Waals surface area contributed by atoms with Gasteiger partial charge in [-0.25, -0.2) is 19.3 Å². The average Bonchev–Trinajstić information content (AvgIpc) is 3.42. The van der Waals surface area contributed by atoms with Crippen molar-refractivity contribution in [3.63, 3.8) is 0 Å². The molecule has 0 atom stereocenters. The number of nitrogens with one attached hydrogen (secondary N) is 1. The van der Waals surface area contributed by atoms with Gasteiger partial charge >= 0.3 is 0 Å². The molecule has 0 unspecified atom stereocenters. The van der Waals surface area contributed by atoms with E-state index in [0.717, 1.165) is 10.9 Å². The Balaban J connectivity index is 1.50.